The number of benzene rings is 2. The third kappa shape index (κ3) is 3.77. The minimum atomic E-state index is -0.0969. The quantitative estimate of drug-likeness (QED) is 0.647. The number of H-pyrrole nitrogens is 1. The van der Waals surface area contributed by atoms with E-state index in [-0.39, 0.29) is 17.2 Å². The van der Waals surface area contributed by atoms with Gasteiger partial charge >= 0.3 is 5.69 Å². The molecule has 0 unspecified atom stereocenters. The maximum Gasteiger partial charge on any atom is 0.330 e. The molecule has 28 heavy (non-hydrogen) atoms. The van der Waals surface area contributed by atoms with Gasteiger partial charge in [-0.25, -0.2) is 4.79 Å². The maximum absolute atomic E-state index is 12.3. The Morgan fingerprint density at radius 2 is 1.89 bits per heavy atom. The van der Waals surface area contributed by atoms with Crippen LogP contribution >= 0.6 is 0 Å². The number of fused-ring (bicyclic) bond motifs is 1. The zero-order valence-corrected chi connectivity index (χ0v) is 15.6. The van der Waals surface area contributed by atoms with Crippen LogP contribution in [0, 0.1) is 0 Å². The van der Waals surface area contributed by atoms with Gasteiger partial charge in [0.2, 0.25) is 0 Å². The van der Waals surface area contributed by atoms with Crippen LogP contribution in [0.5, 0.6) is 5.75 Å². The van der Waals surface area contributed by atoms with E-state index in [1.54, 1.807) is 16.7 Å². The van der Waals surface area contributed by atoms with E-state index in [0.29, 0.717) is 12.0 Å². The number of para-hydroxylation sites is 2. The highest BCUT2D eigenvalue weighted by atomic mass is 16.3. The van der Waals surface area contributed by atoms with E-state index in [1.165, 1.54) is 12.1 Å². The molecule has 0 amide bonds. The number of nitrogens with zero attached hydrogens (tertiary/aromatic N) is 2. The van der Waals surface area contributed by atoms with Crippen molar-refractivity contribution in [1.29, 1.82) is 0 Å². The summed E-state index contributed by atoms with van der Waals surface area (Å²) < 4.78 is 1.76. The normalized spacial score (nSPS) is 14.9. The van der Waals surface area contributed by atoms with Crippen molar-refractivity contribution < 1.29 is 9.90 Å². The molecule has 144 valence electrons. The Morgan fingerprint density at radius 1 is 1.11 bits per heavy atom. The van der Waals surface area contributed by atoms with Crippen molar-refractivity contribution in [3.63, 3.8) is 0 Å². The largest absolute Gasteiger partial charge is 0.508 e. The van der Waals surface area contributed by atoms with E-state index in [4.69, 9.17) is 0 Å². The topological polar surface area (TPSA) is 78.3 Å². The van der Waals surface area contributed by atoms with Crippen molar-refractivity contribution in [2.45, 2.75) is 19.3 Å². The molecule has 0 saturated heterocycles. The molecular formula is C22H23N3O3. The molecule has 2 aromatic carbocycles. The molecule has 0 spiro atoms. The molecule has 3 aromatic rings. The number of aromatic nitrogens is 2. The Labute approximate surface area is 162 Å². The van der Waals surface area contributed by atoms with Gasteiger partial charge in [0.15, 0.2) is 5.78 Å². The lowest BCUT2D eigenvalue weighted by molar-refractivity contribution is 0.0975. The lowest BCUT2D eigenvalue weighted by atomic mass is 10.1. The first kappa shape index (κ1) is 18.3. The van der Waals surface area contributed by atoms with Gasteiger partial charge in [-0.3, -0.25) is 14.3 Å². The van der Waals surface area contributed by atoms with Crippen molar-refractivity contribution in [1.82, 2.24) is 14.5 Å². The lowest BCUT2D eigenvalue weighted by Gasteiger charge is -2.26. The fraction of sp³-hybridized carbons (Fsp3) is 0.273. The number of hydrogen-bond acceptors (Lipinski definition) is 4. The number of aromatic amines is 1. The summed E-state index contributed by atoms with van der Waals surface area (Å²) in [6.45, 7) is 2.48. The van der Waals surface area contributed by atoms with Gasteiger partial charge in [-0.05, 0) is 49.4 Å². The molecule has 0 aliphatic carbocycles. The van der Waals surface area contributed by atoms with E-state index in [0.717, 1.165) is 49.2 Å². The molecule has 1 aromatic heterocycles. The van der Waals surface area contributed by atoms with Gasteiger partial charge in [0, 0.05) is 37.2 Å². The van der Waals surface area contributed by atoms with Gasteiger partial charge in [-0.2, -0.15) is 0 Å². The lowest BCUT2D eigenvalue weighted by Crippen LogP contribution is -2.32. The Balaban J connectivity index is 1.34. The van der Waals surface area contributed by atoms with Crippen molar-refractivity contribution in [3.8, 4) is 5.75 Å². The maximum atomic E-state index is 12.3. The first-order valence-electron chi connectivity index (χ1n) is 9.55. The average Bonchev–Trinajstić information content (AvgIpc) is 3.05. The smallest absolute Gasteiger partial charge is 0.330 e. The Kier molecular flexibility index (Phi) is 5.12. The van der Waals surface area contributed by atoms with Crippen LogP contribution in [-0.2, 0) is 0 Å². The molecule has 1 aliphatic rings. The Bertz CT molecular complexity index is 1080. The molecule has 0 fully saturated rings. The van der Waals surface area contributed by atoms with Crippen LogP contribution in [0.4, 0.5) is 0 Å². The number of phenolic OH excluding ortho intramolecular Hbond substituents is 1. The molecule has 1 aliphatic heterocycles. The summed E-state index contributed by atoms with van der Waals surface area (Å²) in [6.07, 6.45) is 4.18. The van der Waals surface area contributed by atoms with Crippen LogP contribution in [-0.4, -0.2) is 45.0 Å². The predicted molar refractivity (Wildman–Crippen MR) is 110 cm³/mol. The van der Waals surface area contributed by atoms with Crippen LogP contribution in [0.1, 0.15) is 29.6 Å². The van der Waals surface area contributed by atoms with Crippen molar-refractivity contribution in [2.75, 3.05) is 19.6 Å². The van der Waals surface area contributed by atoms with E-state index < -0.39 is 0 Å². The third-order valence-electron chi connectivity index (χ3n) is 5.21. The number of rotatable bonds is 6. The third-order valence-corrected chi connectivity index (χ3v) is 5.21. The molecule has 0 bridgehead atoms. The number of imidazole rings is 1. The fourth-order valence-corrected chi connectivity index (χ4v) is 3.70. The summed E-state index contributed by atoms with van der Waals surface area (Å²) in [5, 5.41) is 9.30. The molecule has 2 heterocycles. The molecule has 6 nitrogen and oxygen atoms in total. The van der Waals surface area contributed by atoms with Crippen LogP contribution in [0.15, 0.2) is 59.4 Å². The summed E-state index contributed by atoms with van der Waals surface area (Å²) in [5.41, 5.74) is 3.33. The highest BCUT2D eigenvalue weighted by Gasteiger charge is 2.17. The standard InChI is InChI=1S/C22H23N3O3/c26-18-9-7-16(8-10-18)21(27)6-3-13-24-14-11-17(12-15-24)25-20-5-2-1-4-19(20)23-22(25)28/h1-2,4-5,7-11,26H,3,6,12-15H2,(H,23,28). The zero-order chi connectivity index (χ0) is 19.5. The van der Waals surface area contributed by atoms with Crippen molar-refractivity contribution in [2.24, 2.45) is 0 Å². The number of ketones is 1. The van der Waals surface area contributed by atoms with Gasteiger partial charge in [0.05, 0.1) is 11.0 Å². The summed E-state index contributed by atoms with van der Waals surface area (Å²) in [4.78, 5) is 29.7. The highest BCUT2D eigenvalue weighted by molar-refractivity contribution is 5.96. The minimum Gasteiger partial charge on any atom is -0.508 e. The summed E-state index contributed by atoms with van der Waals surface area (Å²) in [7, 11) is 0. The number of aromatic hydroxyl groups is 1. The molecule has 2 N–H and O–H groups in total. The molecule has 6 heteroatoms. The summed E-state index contributed by atoms with van der Waals surface area (Å²) >= 11 is 0. The van der Waals surface area contributed by atoms with Crippen LogP contribution in [0.3, 0.4) is 0 Å². The monoisotopic (exact) mass is 377 g/mol. The number of nitrogens with one attached hydrogen (secondary N) is 1. The fourth-order valence-electron chi connectivity index (χ4n) is 3.70. The van der Waals surface area contributed by atoms with E-state index in [1.807, 2.05) is 24.3 Å². The number of hydrogen-bond donors (Lipinski definition) is 2. The van der Waals surface area contributed by atoms with E-state index >= 15 is 0 Å². The summed E-state index contributed by atoms with van der Waals surface area (Å²) in [5.74, 6) is 0.264. The number of carbonyl (C=O) groups excluding carboxylic acids is 1. The number of phenols is 1. The van der Waals surface area contributed by atoms with Gasteiger partial charge in [0.1, 0.15) is 5.75 Å². The number of Topliss-reactive ketones (excluding diaryl/α,β-unsaturated/α-hetero) is 1. The van der Waals surface area contributed by atoms with Gasteiger partial charge in [-0.15, -0.1) is 0 Å². The summed E-state index contributed by atoms with van der Waals surface area (Å²) in [6, 6.07) is 14.1. The molecule has 4 rings (SSSR count). The number of carbonyl (C=O) groups is 1. The van der Waals surface area contributed by atoms with E-state index in [9.17, 15) is 14.7 Å². The van der Waals surface area contributed by atoms with Gasteiger partial charge < -0.3 is 10.1 Å². The minimum absolute atomic E-state index is 0.0959. The van der Waals surface area contributed by atoms with Crippen LogP contribution < -0.4 is 5.69 Å². The Morgan fingerprint density at radius 3 is 2.64 bits per heavy atom. The van der Waals surface area contributed by atoms with Crippen LogP contribution in [0.25, 0.3) is 16.7 Å². The second kappa shape index (κ2) is 7.86. The molecular weight excluding hydrogens is 354 g/mol. The Hall–Kier alpha value is -3.12. The first-order chi connectivity index (χ1) is 13.6. The second-order valence-electron chi connectivity index (χ2n) is 7.10. The molecule has 0 atom stereocenters. The molecule has 0 radical (unpaired) electrons. The second-order valence-corrected chi connectivity index (χ2v) is 7.10. The van der Waals surface area contributed by atoms with Crippen molar-refractivity contribution in [3.05, 3.63) is 70.7 Å². The average molecular weight is 377 g/mol. The predicted octanol–water partition coefficient (Wildman–Crippen LogP) is 3.24. The van der Waals surface area contributed by atoms with E-state index in [2.05, 4.69) is 16.0 Å². The zero-order valence-electron chi connectivity index (χ0n) is 15.6. The van der Waals surface area contributed by atoms with Gasteiger partial charge in [-0.1, -0.05) is 18.2 Å². The SMILES string of the molecule is O=C(CCCN1CC=C(n2c(=O)[nH]c3ccccc32)CC1)c1ccc(O)cc1. The molecule has 0 saturated carbocycles. The van der Waals surface area contributed by atoms with Crippen LogP contribution in [0.2, 0.25) is 0 Å². The van der Waals surface area contributed by atoms with Crippen molar-refractivity contribution >= 4 is 22.5 Å². The highest BCUT2D eigenvalue weighted by Crippen LogP contribution is 2.20. The van der Waals surface area contributed by atoms with Gasteiger partial charge in [0.25, 0.3) is 0 Å². The first-order valence-corrected chi connectivity index (χ1v) is 9.55.